The first-order valence-corrected chi connectivity index (χ1v) is 42.7. The Morgan fingerprint density at radius 1 is 0.210 bits per heavy atom. The van der Waals surface area contributed by atoms with Gasteiger partial charge in [0.25, 0.3) is 0 Å². The van der Waals surface area contributed by atoms with E-state index in [1.54, 1.807) is 0 Å². The van der Waals surface area contributed by atoms with Crippen LogP contribution in [0.15, 0.2) is 0 Å². The first-order valence-electron chi connectivity index (χ1n) is 42.7. The maximum Gasteiger partial charge on any atom is 0.0748 e. The normalized spacial score (nSPS) is 26.3. The highest BCUT2D eigenvalue weighted by Gasteiger charge is 2.33. The van der Waals surface area contributed by atoms with Crippen LogP contribution >= 0.6 is 0 Å². The van der Waals surface area contributed by atoms with Crippen LogP contribution in [0.25, 0.3) is 0 Å². The maximum absolute atomic E-state index is 5.58. The molecule has 2 aliphatic carbocycles. The summed E-state index contributed by atoms with van der Waals surface area (Å²) in [4.78, 5) is 0. The molecule has 0 aromatic carbocycles. The topological polar surface area (TPSA) is 109 Å². The predicted molar refractivity (Wildman–Crippen MR) is 442 cm³/mol. The summed E-state index contributed by atoms with van der Waals surface area (Å²) in [5.41, 5.74) is 4.75. The van der Waals surface area contributed by atoms with Gasteiger partial charge >= 0.3 is 0 Å². The van der Waals surface area contributed by atoms with Gasteiger partial charge in [-0.2, -0.15) is 0 Å². The summed E-state index contributed by atoms with van der Waals surface area (Å²) in [5.74, 6) is 7.16. The van der Waals surface area contributed by atoms with E-state index in [0.717, 1.165) is 126 Å². The van der Waals surface area contributed by atoms with Crippen molar-refractivity contribution in [3.05, 3.63) is 0 Å². The third-order valence-corrected chi connectivity index (χ3v) is 24.5. The van der Waals surface area contributed by atoms with E-state index in [9.17, 15) is 0 Å². The quantitative estimate of drug-likeness (QED) is 0.140. The standard InChI is InChI=1S/2C10H20.3C9H19N.3C9H18O.C8H18N2.C8H17NO/c2*1-10(2,3)9-7-5-4-6-8-9;1-9(2,3)8-4-6-10-7-5-8;2*1-9(2,3)8-5-4-6-10-7-8;1-9(2,3)8-4-6-10-7-5-8;2*1-9(2,3)8-5-4-6-10-7-8;2*1-8(2,3)7-6-9-4-5-10-7/h2*9H,4-8H2,1-3H3;3*8,10H,4-7H2,1-3H3;3*8H,4-7H2,1-3H3;7,9-10H,4-6H2,1-3H3;7,9H,4-6H2,1-3H3. The minimum atomic E-state index is 0.285. The predicted octanol–water partition coefficient (Wildman–Crippen LogP) is 22.3. The number of hydrogen-bond acceptors (Lipinski definition) is 10. The van der Waals surface area contributed by atoms with E-state index in [0.29, 0.717) is 60.9 Å². The molecule has 10 rings (SSSR count). The van der Waals surface area contributed by atoms with Crippen LogP contribution in [0.4, 0.5) is 0 Å². The largest absolute Gasteiger partial charge is 0.381 e. The Labute approximate surface area is 628 Å². The molecule has 8 aliphatic heterocycles. The van der Waals surface area contributed by atoms with E-state index in [2.05, 4.69) is 240 Å². The molecule has 0 bridgehead atoms. The van der Waals surface area contributed by atoms with Crippen LogP contribution in [0, 0.1) is 101 Å². The molecule has 600 valence electrons. The van der Waals surface area contributed by atoms with E-state index in [1.807, 2.05) is 0 Å². The molecular weight excluding hydrogens is 1230 g/mol. The molecule has 2 saturated carbocycles. The van der Waals surface area contributed by atoms with Crippen molar-refractivity contribution in [2.75, 3.05) is 118 Å². The molecule has 0 aromatic rings. The molecule has 0 amide bonds. The number of piperazine rings is 1. The van der Waals surface area contributed by atoms with Crippen molar-refractivity contribution in [2.24, 2.45) is 101 Å². The second kappa shape index (κ2) is 48.2. The zero-order valence-corrected chi connectivity index (χ0v) is 73.7. The van der Waals surface area contributed by atoms with Crippen LogP contribution in [-0.4, -0.2) is 130 Å². The van der Waals surface area contributed by atoms with Crippen LogP contribution in [0.5, 0.6) is 0 Å². The van der Waals surface area contributed by atoms with Crippen molar-refractivity contribution in [3.63, 3.8) is 0 Å². The van der Waals surface area contributed by atoms with Gasteiger partial charge in [-0.1, -0.05) is 246 Å². The lowest BCUT2D eigenvalue weighted by molar-refractivity contribution is -0.0361. The highest BCUT2D eigenvalue weighted by atomic mass is 16.5. The van der Waals surface area contributed by atoms with Crippen molar-refractivity contribution in [3.8, 4) is 0 Å². The van der Waals surface area contributed by atoms with E-state index in [4.69, 9.17) is 18.9 Å². The molecule has 6 unspecified atom stereocenters. The lowest BCUT2D eigenvalue weighted by atomic mass is 9.72. The third kappa shape index (κ3) is 46.7. The first-order chi connectivity index (χ1) is 46.1. The summed E-state index contributed by atoms with van der Waals surface area (Å²) >= 11 is 0. The summed E-state index contributed by atoms with van der Waals surface area (Å²) in [6.07, 6.45) is 31.1. The van der Waals surface area contributed by atoms with Crippen LogP contribution in [-0.2, 0) is 18.9 Å². The number of nitrogens with one attached hydrogen (secondary N) is 6. The summed E-state index contributed by atoms with van der Waals surface area (Å²) in [6, 6.07) is 0.640. The SMILES string of the molecule is CC(C)(C)C1CCCCC1.CC(C)(C)C1CCCCC1.CC(C)(C)C1CCCNC1.CC(C)(C)C1CCCNC1.CC(C)(C)C1CCCOC1.CC(C)(C)C1CCCOC1.CC(C)(C)C1CCNCC1.CC(C)(C)C1CCOCC1.CC(C)(C)C1CNCCN1.CC(C)(C)C1CNCCO1. The van der Waals surface area contributed by atoms with Gasteiger partial charge in [-0.25, -0.2) is 0 Å². The van der Waals surface area contributed by atoms with E-state index < -0.39 is 0 Å². The average Bonchev–Trinajstić information content (AvgIpc) is 1.11. The fourth-order valence-corrected chi connectivity index (χ4v) is 15.6. The van der Waals surface area contributed by atoms with Gasteiger partial charge < -0.3 is 50.8 Å². The molecule has 10 nitrogen and oxygen atoms in total. The fraction of sp³-hybridized carbons (Fsp3) is 1.00. The number of rotatable bonds is 0. The Hall–Kier alpha value is -0.400. The number of hydrogen-bond donors (Lipinski definition) is 6. The first kappa shape index (κ1) is 97.6. The molecule has 100 heavy (non-hydrogen) atoms. The van der Waals surface area contributed by atoms with E-state index >= 15 is 0 Å². The number of piperidine rings is 3. The molecule has 10 heteroatoms. The van der Waals surface area contributed by atoms with Crippen molar-refractivity contribution in [1.82, 2.24) is 31.9 Å². The van der Waals surface area contributed by atoms with Crippen LogP contribution in [0.1, 0.15) is 349 Å². The zero-order chi connectivity index (χ0) is 76.1. The molecule has 10 aliphatic rings. The summed E-state index contributed by atoms with van der Waals surface area (Å²) in [6.45, 7) is 89.0. The third-order valence-electron chi connectivity index (χ3n) is 24.5. The van der Waals surface area contributed by atoms with Gasteiger partial charge in [-0.05, 0) is 243 Å². The molecule has 6 atom stereocenters. The van der Waals surface area contributed by atoms with Gasteiger partial charge in [0.1, 0.15) is 0 Å². The maximum atomic E-state index is 5.58. The van der Waals surface area contributed by atoms with Gasteiger partial charge in [-0.15, -0.1) is 0 Å². The van der Waals surface area contributed by atoms with Crippen LogP contribution in [0.3, 0.4) is 0 Å². The Bertz CT molecular complexity index is 1430. The molecule has 0 aromatic heterocycles. The lowest BCUT2D eigenvalue weighted by Gasteiger charge is -2.35. The van der Waals surface area contributed by atoms with Crippen LogP contribution < -0.4 is 31.9 Å². The zero-order valence-electron chi connectivity index (χ0n) is 73.7. The van der Waals surface area contributed by atoms with Gasteiger partial charge in [0, 0.05) is 78.4 Å². The monoisotopic (exact) mass is 1420 g/mol. The van der Waals surface area contributed by atoms with Crippen molar-refractivity contribution in [1.29, 1.82) is 0 Å². The van der Waals surface area contributed by atoms with Gasteiger partial charge in [0.2, 0.25) is 0 Å². The Kier molecular flexibility index (Phi) is 47.0. The molecule has 8 heterocycles. The van der Waals surface area contributed by atoms with Crippen molar-refractivity contribution in [2.45, 2.75) is 361 Å². The van der Waals surface area contributed by atoms with Gasteiger partial charge in [0.05, 0.1) is 12.7 Å². The second-order valence-electron chi connectivity index (χ2n) is 43.4. The molecular formula is C90H186N6O4. The highest BCUT2D eigenvalue weighted by Crippen LogP contribution is 2.40. The highest BCUT2D eigenvalue weighted by molar-refractivity contribution is 4.87. The lowest BCUT2D eigenvalue weighted by Crippen LogP contribution is -2.54. The molecule has 0 radical (unpaired) electrons. The number of ether oxygens (including phenoxy) is 4. The van der Waals surface area contributed by atoms with Crippen molar-refractivity contribution < 1.29 is 18.9 Å². The molecule has 8 saturated heterocycles. The summed E-state index contributed by atoms with van der Waals surface area (Å²) in [7, 11) is 0. The van der Waals surface area contributed by atoms with Crippen LogP contribution in [0.2, 0.25) is 0 Å². The Morgan fingerprint density at radius 3 is 0.750 bits per heavy atom. The Balaban J connectivity index is 0.000000556. The minimum Gasteiger partial charge on any atom is -0.381 e. The average molecular weight is 1420 g/mol. The van der Waals surface area contributed by atoms with Gasteiger partial charge in [-0.3, -0.25) is 0 Å². The van der Waals surface area contributed by atoms with E-state index in [-0.39, 0.29) is 5.41 Å². The molecule has 0 spiro atoms. The number of morpholine rings is 1. The second-order valence-corrected chi connectivity index (χ2v) is 43.4. The molecule has 6 N–H and O–H groups in total. The Morgan fingerprint density at radius 2 is 0.540 bits per heavy atom. The fourth-order valence-electron chi connectivity index (χ4n) is 15.6. The van der Waals surface area contributed by atoms with Gasteiger partial charge in [0.15, 0.2) is 0 Å². The molecule has 10 fully saturated rings. The summed E-state index contributed by atoms with van der Waals surface area (Å²) in [5, 5.41) is 20.5. The summed E-state index contributed by atoms with van der Waals surface area (Å²) < 4.78 is 21.7. The minimum absolute atomic E-state index is 0.285. The van der Waals surface area contributed by atoms with Crippen molar-refractivity contribution >= 4 is 0 Å². The smallest absolute Gasteiger partial charge is 0.0748 e. The van der Waals surface area contributed by atoms with E-state index in [1.165, 1.54) is 181 Å².